The average molecular weight is 455 g/mol. The largest absolute Gasteiger partial charge is 0.376 e. The maximum absolute atomic E-state index is 13.6. The van der Waals surface area contributed by atoms with Crippen molar-refractivity contribution in [3.63, 3.8) is 0 Å². The zero-order valence-corrected chi connectivity index (χ0v) is 18.7. The van der Waals surface area contributed by atoms with Gasteiger partial charge in [-0.1, -0.05) is 30.1 Å². The van der Waals surface area contributed by atoms with Crippen molar-refractivity contribution in [3.05, 3.63) is 33.8 Å². The maximum atomic E-state index is 13.6. The first kappa shape index (κ1) is 21.9. The summed E-state index contributed by atoms with van der Waals surface area (Å²) in [6.45, 7) is 3.59. The predicted molar refractivity (Wildman–Crippen MR) is 115 cm³/mol. The molecule has 0 radical (unpaired) electrons. The van der Waals surface area contributed by atoms with Crippen LogP contribution in [0.5, 0.6) is 0 Å². The minimum absolute atomic E-state index is 0.0417. The molecule has 0 bridgehead atoms. The van der Waals surface area contributed by atoms with Crippen molar-refractivity contribution in [3.8, 4) is 0 Å². The van der Waals surface area contributed by atoms with Gasteiger partial charge in [-0.3, -0.25) is 14.5 Å². The molecule has 3 aliphatic rings. The summed E-state index contributed by atoms with van der Waals surface area (Å²) in [4.78, 5) is 28.3. The molecular weight excluding hydrogens is 427 g/mol. The van der Waals surface area contributed by atoms with Gasteiger partial charge in [-0.2, -0.15) is 0 Å². The zero-order chi connectivity index (χ0) is 21.3. The van der Waals surface area contributed by atoms with E-state index in [1.807, 2.05) is 0 Å². The van der Waals surface area contributed by atoms with E-state index in [0.29, 0.717) is 28.1 Å². The van der Waals surface area contributed by atoms with E-state index in [4.69, 9.17) is 32.7 Å². The molecule has 1 spiro atoms. The maximum Gasteiger partial charge on any atom is 0.256 e. The van der Waals surface area contributed by atoms with Crippen molar-refractivity contribution in [2.45, 2.75) is 63.3 Å². The fourth-order valence-electron chi connectivity index (χ4n) is 4.69. The predicted octanol–water partition coefficient (Wildman–Crippen LogP) is 4.04. The Morgan fingerprint density at radius 1 is 1.20 bits per heavy atom. The van der Waals surface area contributed by atoms with E-state index >= 15 is 0 Å². The number of halogens is 2. The highest BCUT2D eigenvalue weighted by Crippen LogP contribution is 2.43. The first-order valence-corrected chi connectivity index (χ1v) is 11.5. The molecule has 0 unspecified atom stereocenters. The second kappa shape index (κ2) is 9.03. The molecule has 4 rings (SSSR count). The van der Waals surface area contributed by atoms with Gasteiger partial charge in [-0.15, -0.1) is 0 Å². The lowest BCUT2D eigenvalue weighted by Gasteiger charge is -2.43. The molecule has 2 saturated heterocycles. The number of carbonyl (C=O) groups is 2. The quantitative estimate of drug-likeness (QED) is 0.745. The van der Waals surface area contributed by atoms with E-state index in [1.165, 1.54) is 0 Å². The lowest BCUT2D eigenvalue weighted by Crippen LogP contribution is -2.57. The summed E-state index contributed by atoms with van der Waals surface area (Å²) in [5, 5.41) is 3.67. The molecule has 2 amide bonds. The van der Waals surface area contributed by atoms with Crippen LogP contribution in [0, 0.1) is 5.92 Å². The van der Waals surface area contributed by atoms with E-state index in [0.717, 1.165) is 45.1 Å². The van der Waals surface area contributed by atoms with Crippen LogP contribution in [-0.4, -0.2) is 54.3 Å². The van der Waals surface area contributed by atoms with Crippen LogP contribution in [-0.2, 0) is 14.3 Å². The lowest BCUT2D eigenvalue weighted by atomic mass is 9.83. The molecule has 1 N–H and O–H groups in total. The van der Waals surface area contributed by atoms with Gasteiger partial charge in [-0.05, 0) is 62.6 Å². The third kappa shape index (κ3) is 4.33. The molecule has 8 heteroatoms. The first-order valence-electron chi connectivity index (χ1n) is 10.7. The van der Waals surface area contributed by atoms with Gasteiger partial charge in [0.25, 0.3) is 5.91 Å². The van der Waals surface area contributed by atoms with Gasteiger partial charge in [0, 0.05) is 18.7 Å². The van der Waals surface area contributed by atoms with Gasteiger partial charge in [0.05, 0.1) is 22.8 Å². The SMILES string of the molecule is CC1CCC2(CC1)OC[C@H](C(=O)NC[C@@H]1CCCO1)N2C(=O)c1ccc(Cl)c(Cl)c1. The molecule has 2 heterocycles. The number of carbonyl (C=O) groups excluding carboxylic acids is 2. The van der Waals surface area contributed by atoms with Crippen molar-refractivity contribution in [2.75, 3.05) is 19.8 Å². The number of ether oxygens (including phenoxy) is 2. The van der Waals surface area contributed by atoms with Crippen molar-refractivity contribution in [1.29, 1.82) is 0 Å². The Bertz CT molecular complexity index is 804. The topological polar surface area (TPSA) is 67.9 Å². The fourth-order valence-corrected chi connectivity index (χ4v) is 4.98. The molecule has 6 nitrogen and oxygen atoms in total. The summed E-state index contributed by atoms with van der Waals surface area (Å²) in [6.07, 6.45) is 5.34. The highest BCUT2D eigenvalue weighted by atomic mass is 35.5. The Balaban J connectivity index is 1.57. The summed E-state index contributed by atoms with van der Waals surface area (Å²) in [7, 11) is 0. The number of benzene rings is 1. The van der Waals surface area contributed by atoms with Gasteiger partial charge >= 0.3 is 0 Å². The third-order valence-electron chi connectivity index (χ3n) is 6.53. The Kier molecular flexibility index (Phi) is 6.58. The van der Waals surface area contributed by atoms with Crippen LogP contribution >= 0.6 is 23.2 Å². The number of rotatable bonds is 4. The minimum Gasteiger partial charge on any atom is -0.376 e. The van der Waals surface area contributed by atoms with Crippen molar-refractivity contribution in [2.24, 2.45) is 5.92 Å². The number of nitrogens with zero attached hydrogens (tertiary/aromatic N) is 1. The van der Waals surface area contributed by atoms with Crippen molar-refractivity contribution in [1.82, 2.24) is 10.2 Å². The molecule has 2 atom stereocenters. The third-order valence-corrected chi connectivity index (χ3v) is 7.27. The highest BCUT2D eigenvalue weighted by Gasteiger charge is 2.53. The minimum atomic E-state index is -0.748. The molecule has 1 aromatic rings. The van der Waals surface area contributed by atoms with Crippen LogP contribution < -0.4 is 5.32 Å². The van der Waals surface area contributed by atoms with Crippen molar-refractivity contribution >= 4 is 35.0 Å². The number of nitrogens with one attached hydrogen (secondary N) is 1. The number of hydrogen-bond donors (Lipinski definition) is 1. The normalized spacial score (nSPS) is 31.3. The second-order valence-corrected chi connectivity index (χ2v) is 9.45. The Labute approximate surface area is 187 Å². The van der Waals surface area contributed by atoms with Crippen LogP contribution in [0.25, 0.3) is 0 Å². The van der Waals surface area contributed by atoms with Gasteiger partial charge < -0.3 is 14.8 Å². The van der Waals surface area contributed by atoms with Gasteiger partial charge in [-0.25, -0.2) is 0 Å². The average Bonchev–Trinajstić information content (AvgIpc) is 3.38. The first-order chi connectivity index (χ1) is 14.4. The molecule has 3 fully saturated rings. The van der Waals surface area contributed by atoms with Crippen molar-refractivity contribution < 1.29 is 19.1 Å². The van der Waals surface area contributed by atoms with E-state index in [2.05, 4.69) is 12.2 Å². The summed E-state index contributed by atoms with van der Waals surface area (Å²) in [6, 6.07) is 4.14. The highest BCUT2D eigenvalue weighted by molar-refractivity contribution is 6.42. The Morgan fingerprint density at radius 2 is 1.97 bits per heavy atom. The van der Waals surface area contributed by atoms with Crippen LogP contribution in [0.15, 0.2) is 18.2 Å². The molecular formula is C22H28Cl2N2O4. The van der Waals surface area contributed by atoms with Crippen LogP contribution in [0.2, 0.25) is 10.0 Å². The van der Waals surface area contributed by atoms with E-state index in [-0.39, 0.29) is 24.5 Å². The standard InChI is InChI=1S/C22H28Cl2N2O4/c1-14-6-8-22(9-7-14)26(21(28)15-4-5-17(23)18(24)11-15)19(13-30-22)20(27)25-12-16-3-2-10-29-16/h4-5,11,14,16,19H,2-3,6-10,12-13H2,1H3,(H,25,27)/t14?,16-,19+,22?/m0/s1. The Morgan fingerprint density at radius 3 is 2.63 bits per heavy atom. The smallest absolute Gasteiger partial charge is 0.256 e. The van der Waals surface area contributed by atoms with Crippen LogP contribution in [0.1, 0.15) is 55.8 Å². The molecule has 1 saturated carbocycles. The van der Waals surface area contributed by atoms with Gasteiger partial charge in [0.2, 0.25) is 5.91 Å². The molecule has 1 aliphatic carbocycles. The second-order valence-electron chi connectivity index (χ2n) is 8.64. The lowest BCUT2D eigenvalue weighted by molar-refractivity contribution is -0.128. The summed E-state index contributed by atoms with van der Waals surface area (Å²) >= 11 is 12.2. The van der Waals surface area contributed by atoms with E-state index in [1.54, 1.807) is 23.1 Å². The van der Waals surface area contributed by atoms with Gasteiger partial charge in [0.15, 0.2) is 0 Å². The van der Waals surface area contributed by atoms with Crippen LogP contribution in [0.4, 0.5) is 0 Å². The molecule has 30 heavy (non-hydrogen) atoms. The fraction of sp³-hybridized carbons (Fsp3) is 0.636. The monoisotopic (exact) mass is 454 g/mol. The number of hydrogen-bond acceptors (Lipinski definition) is 4. The molecule has 164 valence electrons. The molecule has 2 aliphatic heterocycles. The van der Waals surface area contributed by atoms with Gasteiger partial charge in [0.1, 0.15) is 11.8 Å². The summed E-state index contributed by atoms with van der Waals surface area (Å²) in [5.74, 6) is 0.126. The molecule has 1 aromatic carbocycles. The summed E-state index contributed by atoms with van der Waals surface area (Å²) in [5.41, 5.74) is -0.341. The van der Waals surface area contributed by atoms with Crippen LogP contribution in [0.3, 0.4) is 0 Å². The molecule has 0 aromatic heterocycles. The van der Waals surface area contributed by atoms with E-state index in [9.17, 15) is 9.59 Å². The van der Waals surface area contributed by atoms with E-state index < -0.39 is 11.8 Å². The summed E-state index contributed by atoms with van der Waals surface area (Å²) < 4.78 is 11.8. The number of amides is 2. The zero-order valence-electron chi connectivity index (χ0n) is 17.2. The Hall–Kier alpha value is -1.34.